The van der Waals surface area contributed by atoms with Crippen molar-refractivity contribution >= 4 is 0 Å². The number of hydrogen-bond acceptors (Lipinski definition) is 1. The predicted octanol–water partition coefficient (Wildman–Crippen LogP) is 3.99. The molecular formula is C15H18F2O. The molecule has 1 aromatic carbocycles. The zero-order valence-electron chi connectivity index (χ0n) is 10.7. The van der Waals surface area contributed by atoms with Gasteiger partial charge in [0, 0.05) is 6.07 Å². The minimum atomic E-state index is -0.804. The highest BCUT2D eigenvalue weighted by molar-refractivity contribution is 5.22. The number of halogens is 2. The fraction of sp³-hybridized carbons (Fsp3) is 0.467. The summed E-state index contributed by atoms with van der Waals surface area (Å²) in [6.45, 7) is 4.12. The lowest BCUT2D eigenvalue weighted by molar-refractivity contribution is 0.0926. The Bertz CT molecular complexity index is 447. The van der Waals surface area contributed by atoms with Crippen molar-refractivity contribution in [2.45, 2.75) is 32.8 Å². The fourth-order valence-electron chi connectivity index (χ4n) is 2.85. The highest BCUT2D eigenvalue weighted by Crippen LogP contribution is 2.36. The van der Waals surface area contributed by atoms with Gasteiger partial charge in [-0.15, -0.1) is 0 Å². The molecule has 0 amide bonds. The van der Waals surface area contributed by atoms with E-state index >= 15 is 0 Å². The first-order chi connectivity index (χ1) is 8.45. The standard InChI is InChI=1S/C15H18F2O/c1-9-3-10(2)5-11(4-9)15(18)12-6-13(16)8-14(17)7-12/h3,6-9,11,15,18H,4-5H2,1-2H3. The first kappa shape index (κ1) is 13.2. The van der Waals surface area contributed by atoms with Crippen molar-refractivity contribution in [3.8, 4) is 0 Å². The molecule has 1 aromatic rings. The average Bonchev–Trinajstić information content (AvgIpc) is 2.25. The summed E-state index contributed by atoms with van der Waals surface area (Å²) >= 11 is 0. The van der Waals surface area contributed by atoms with Gasteiger partial charge in [-0.05, 0) is 49.3 Å². The Morgan fingerprint density at radius 2 is 1.83 bits per heavy atom. The minimum Gasteiger partial charge on any atom is -0.388 e. The molecule has 0 bridgehead atoms. The summed E-state index contributed by atoms with van der Waals surface area (Å²) in [7, 11) is 0. The van der Waals surface area contributed by atoms with Gasteiger partial charge in [0.25, 0.3) is 0 Å². The molecule has 0 saturated carbocycles. The van der Waals surface area contributed by atoms with E-state index in [2.05, 4.69) is 13.0 Å². The van der Waals surface area contributed by atoms with Crippen molar-refractivity contribution in [3.63, 3.8) is 0 Å². The zero-order chi connectivity index (χ0) is 13.3. The Kier molecular flexibility index (Phi) is 3.81. The molecule has 98 valence electrons. The van der Waals surface area contributed by atoms with Crippen molar-refractivity contribution in [2.24, 2.45) is 11.8 Å². The van der Waals surface area contributed by atoms with E-state index in [0.29, 0.717) is 11.5 Å². The van der Waals surface area contributed by atoms with Gasteiger partial charge in [-0.1, -0.05) is 18.6 Å². The second kappa shape index (κ2) is 5.19. The lowest BCUT2D eigenvalue weighted by Crippen LogP contribution is -2.19. The predicted molar refractivity (Wildman–Crippen MR) is 67.0 cm³/mol. The van der Waals surface area contributed by atoms with Crippen LogP contribution in [-0.2, 0) is 0 Å². The van der Waals surface area contributed by atoms with Crippen LogP contribution in [-0.4, -0.2) is 5.11 Å². The van der Waals surface area contributed by atoms with Crippen molar-refractivity contribution in [2.75, 3.05) is 0 Å². The Labute approximate surface area is 106 Å². The van der Waals surface area contributed by atoms with E-state index < -0.39 is 17.7 Å². The molecule has 0 heterocycles. The number of allylic oxidation sites excluding steroid dienone is 2. The first-order valence-electron chi connectivity index (χ1n) is 6.27. The number of aliphatic hydroxyl groups excluding tert-OH is 1. The molecule has 0 radical (unpaired) electrons. The number of aliphatic hydroxyl groups is 1. The number of rotatable bonds is 2. The van der Waals surface area contributed by atoms with E-state index in [9.17, 15) is 13.9 Å². The van der Waals surface area contributed by atoms with E-state index in [1.807, 2.05) is 6.92 Å². The second-order valence-corrected chi connectivity index (χ2v) is 5.34. The fourth-order valence-corrected chi connectivity index (χ4v) is 2.85. The maximum Gasteiger partial charge on any atom is 0.126 e. The van der Waals surface area contributed by atoms with Gasteiger partial charge in [0.1, 0.15) is 11.6 Å². The number of hydrogen-bond donors (Lipinski definition) is 1. The third-order valence-electron chi connectivity index (χ3n) is 3.50. The molecule has 1 nitrogen and oxygen atoms in total. The molecular weight excluding hydrogens is 234 g/mol. The van der Waals surface area contributed by atoms with Crippen molar-refractivity contribution in [1.29, 1.82) is 0 Å². The molecule has 3 heteroatoms. The highest BCUT2D eigenvalue weighted by atomic mass is 19.1. The van der Waals surface area contributed by atoms with Gasteiger partial charge in [0.15, 0.2) is 0 Å². The van der Waals surface area contributed by atoms with Gasteiger partial charge < -0.3 is 5.11 Å². The van der Waals surface area contributed by atoms with E-state index in [1.165, 1.54) is 17.7 Å². The van der Waals surface area contributed by atoms with Gasteiger partial charge in [0.2, 0.25) is 0 Å². The molecule has 0 aliphatic heterocycles. The molecule has 0 fully saturated rings. The monoisotopic (exact) mass is 252 g/mol. The van der Waals surface area contributed by atoms with Gasteiger partial charge in [-0.25, -0.2) is 8.78 Å². The first-order valence-corrected chi connectivity index (χ1v) is 6.27. The zero-order valence-corrected chi connectivity index (χ0v) is 10.7. The van der Waals surface area contributed by atoms with Crippen LogP contribution in [0, 0.1) is 23.5 Å². The third kappa shape index (κ3) is 2.96. The van der Waals surface area contributed by atoms with Crippen LogP contribution in [0.3, 0.4) is 0 Å². The van der Waals surface area contributed by atoms with Crippen LogP contribution >= 0.6 is 0 Å². The van der Waals surface area contributed by atoms with E-state index in [-0.39, 0.29) is 5.92 Å². The Hall–Kier alpha value is -1.22. The van der Waals surface area contributed by atoms with E-state index in [4.69, 9.17) is 0 Å². The Morgan fingerprint density at radius 3 is 2.39 bits per heavy atom. The van der Waals surface area contributed by atoms with Crippen LogP contribution in [0.4, 0.5) is 8.78 Å². The van der Waals surface area contributed by atoms with Crippen molar-refractivity contribution in [3.05, 3.63) is 47.0 Å². The summed E-state index contributed by atoms with van der Waals surface area (Å²) in [6, 6.07) is 3.25. The summed E-state index contributed by atoms with van der Waals surface area (Å²) in [6.07, 6.45) is 3.01. The van der Waals surface area contributed by atoms with Gasteiger partial charge in [0.05, 0.1) is 6.10 Å². The van der Waals surface area contributed by atoms with Crippen LogP contribution in [0.25, 0.3) is 0 Å². The molecule has 1 N–H and O–H groups in total. The molecule has 3 unspecified atom stereocenters. The van der Waals surface area contributed by atoms with Gasteiger partial charge in [-0.3, -0.25) is 0 Å². The molecule has 0 saturated heterocycles. The maximum atomic E-state index is 13.1. The highest BCUT2D eigenvalue weighted by Gasteiger charge is 2.26. The quantitative estimate of drug-likeness (QED) is 0.789. The van der Waals surface area contributed by atoms with Crippen LogP contribution in [0.5, 0.6) is 0 Å². The Morgan fingerprint density at radius 1 is 1.22 bits per heavy atom. The molecule has 2 rings (SSSR count). The maximum absolute atomic E-state index is 13.1. The summed E-state index contributed by atoms with van der Waals surface area (Å²) in [5.74, 6) is -0.844. The molecule has 1 aliphatic rings. The number of benzene rings is 1. The summed E-state index contributed by atoms with van der Waals surface area (Å²) < 4.78 is 26.3. The molecule has 3 atom stereocenters. The third-order valence-corrected chi connectivity index (χ3v) is 3.50. The topological polar surface area (TPSA) is 20.2 Å². The molecule has 18 heavy (non-hydrogen) atoms. The Balaban J connectivity index is 2.21. The minimum absolute atomic E-state index is 0.0335. The second-order valence-electron chi connectivity index (χ2n) is 5.34. The summed E-state index contributed by atoms with van der Waals surface area (Å²) in [5.41, 5.74) is 1.56. The summed E-state index contributed by atoms with van der Waals surface area (Å²) in [4.78, 5) is 0. The van der Waals surface area contributed by atoms with Crippen molar-refractivity contribution < 1.29 is 13.9 Å². The smallest absolute Gasteiger partial charge is 0.126 e. The van der Waals surface area contributed by atoms with Gasteiger partial charge >= 0.3 is 0 Å². The molecule has 1 aliphatic carbocycles. The van der Waals surface area contributed by atoms with Crippen LogP contribution in [0.15, 0.2) is 29.8 Å². The lowest BCUT2D eigenvalue weighted by atomic mass is 9.79. The largest absolute Gasteiger partial charge is 0.388 e. The van der Waals surface area contributed by atoms with Crippen LogP contribution in [0.2, 0.25) is 0 Å². The van der Waals surface area contributed by atoms with Crippen molar-refractivity contribution in [1.82, 2.24) is 0 Å². The van der Waals surface area contributed by atoms with Crippen LogP contribution < -0.4 is 0 Å². The normalized spacial score (nSPS) is 25.7. The van der Waals surface area contributed by atoms with E-state index in [1.54, 1.807) is 0 Å². The van der Waals surface area contributed by atoms with Crippen LogP contribution in [0.1, 0.15) is 38.4 Å². The molecule has 0 spiro atoms. The summed E-state index contributed by atoms with van der Waals surface area (Å²) in [5, 5.41) is 10.3. The SMILES string of the molecule is CC1=CC(C)CC(C(O)c2cc(F)cc(F)c2)C1. The van der Waals surface area contributed by atoms with Gasteiger partial charge in [-0.2, -0.15) is 0 Å². The molecule has 0 aromatic heterocycles. The lowest BCUT2D eigenvalue weighted by Gasteiger charge is -2.29. The average molecular weight is 252 g/mol. The van der Waals surface area contributed by atoms with E-state index in [0.717, 1.165) is 18.9 Å².